The van der Waals surface area contributed by atoms with Gasteiger partial charge in [0, 0.05) is 13.1 Å². The van der Waals surface area contributed by atoms with Gasteiger partial charge in [-0.2, -0.15) is 9.97 Å². The van der Waals surface area contributed by atoms with E-state index in [2.05, 4.69) is 38.9 Å². The van der Waals surface area contributed by atoms with E-state index in [-0.39, 0.29) is 0 Å². The van der Waals surface area contributed by atoms with Gasteiger partial charge in [0.15, 0.2) is 11.6 Å². The Morgan fingerprint density at radius 3 is 2.85 bits per heavy atom. The van der Waals surface area contributed by atoms with E-state index in [1.807, 2.05) is 0 Å². The van der Waals surface area contributed by atoms with Crippen molar-refractivity contribution >= 4 is 17.3 Å². The van der Waals surface area contributed by atoms with Crippen molar-refractivity contribution in [3.8, 4) is 6.01 Å². The van der Waals surface area contributed by atoms with E-state index in [9.17, 15) is 0 Å². The van der Waals surface area contributed by atoms with Crippen LogP contribution >= 0.6 is 0 Å². The second-order valence-electron chi connectivity index (χ2n) is 7.84. The van der Waals surface area contributed by atoms with Gasteiger partial charge in [0.05, 0.1) is 13.3 Å². The summed E-state index contributed by atoms with van der Waals surface area (Å²) in [7, 11) is 0. The standard InChI is InChI=1S/C20H36N6O/c1-3-5-10-25-11-7-8-16(14-25)9-12-26-15-22-17-18(21)23-20(24-19(17)26)27-13-6-4-2/h16,22H,3-15H2,1-2H3,(H2,21,23,24). The molecule has 3 N–H and O–H groups in total. The number of nitrogens with zero attached hydrogens (tertiary/aromatic N) is 4. The van der Waals surface area contributed by atoms with Gasteiger partial charge in [0.25, 0.3) is 0 Å². The summed E-state index contributed by atoms with van der Waals surface area (Å²) in [4.78, 5) is 13.8. The lowest BCUT2D eigenvalue weighted by atomic mass is 9.94. The fourth-order valence-corrected chi connectivity index (χ4v) is 3.96. The molecule has 3 heterocycles. The summed E-state index contributed by atoms with van der Waals surface area (Å²) in [5.74, 6) is 2.16. The van der Waals surface area contributed by atoms with Crippen molar-refractivity contribution in [1.29, 1.82) is 0 Å². The van der Waals surface area contributed by atoms with Gasteiger partial charge in [-0.3, -0.25) is 0 Å². The quantitative estimate of drug-likeness (QED) is 0.606. The van der Waals surface area contributed by atoms with Crippen LogP contribution in [-0.2, 0) is 0 Å². The van der Waals surface area contributed by atoms with Gasteiger partial charge in [-0.25, -0.2) is 0 Å². The molecule has 1 saturated heterocycles. The van der Waals surface area contributed by atoms with Crippen molar-refractivity contribution in [3.05, 3.63) is 0 Å². The fraction of sp³-hybridized carbons (Fsp3) is 0.800. The van der Waals surface area contributed by atoms with Crippen molar-refractivity contribution in [2.75, 3.05) is 55.4 Å². The van der Waals surface area contributed by atoms with Crippen LogP contribution in [0.2, 0.25) is 0 Å². The number of fused-ring (bicyclic) bond motifs is 1. The summed E-state index contributed by atoms with van der Waals surface area (Å²) in [6, 6.07) is 0.400. The van der Waals surface area contributed by atoms with Gasteiger partial charge in [0.2, 0.25) is 0 Å². The molecular weight excluding hydrogens is 340 g/mol. The van der Waals surface area contributed by atoms with E-state index >= 15 is 0 Å². The predicted molar refractivity (Wildman–Crippen MR) is 111 cm³/mol. The zero-order chi connectivity index (χ0) is 19.1. The van der Waals surface area contributed by atoms with Crippen LogP contribution in [0.15, 0.2) is 0 Å². The molecular formula is C20H36N6O. The summed E-state index contributed by atoms with van der Waals surface area (Å²) >= 11 is 0. The Bertz CT molecular complexity index is 596. The van der Waals surface area contributed by atoms with Gasteiger partial charge in [0.1, 0.15) is 5.69 Å². The highest BCUT2D eigenvalue weighted by atomic mass is 16.5. The van der Waals surface area contributed by atoms with Gasteiger partial charge >= 0.3 is 6.01 Å². The van der Waals surface area contributed by atoms with Gasteiger partial charge in [-0.05, 0) is 51.1 Å². The molecule has 152 valence electrons. The number of nitrogen functional groups attached to an aromatic ring is 1. The van der Waals surface area contributed by atoms with Crippen molar-refractivity contribution < 1.29 is 4.74 Å². The smallest absolute Gasteiger partial charge is 0.320 e. The molecule has 2 aliphatic heterocycles. The summed E-state index contributed by atoms with van der Waals surface area (Å²) in [5, 5.41) is 3.35. The molecule has 1 aromatic heterocycles. The summed E-state index contributed by atoms with van der Waals surface area (Å²) in [6.45, 7) is 10.6. The molecule has 2 aliphatic rings. The van der Waals surface area contributed by atoms with Crippen LogP contribution in [0.3, 0.4) is 0 Å². The van der Waals surface area contributed by atoms with E-state index in [4.69, 9.17) is 10.5 Å². The molecule has 1 atom stereocenters. The molecule has 0 bridgehead atoms. The first-order chi connectivity index (χ1) is 13.2. The Kier molecular flexibility index (Phi) is 7.38. The SMILES string of the molecule is CCCCOc1nc(N)c2c(n1)N(CCC1CCCN(CCCC)C1)CN2. The number of likely N-dealkylation sites (tertiary alicyclic amines) is 1. The van der Waals surface area contributed by atoms with E-state index in [0.717, 1.165) is 43.5 Å². The first-order valence-corrected chi connectivity index (χ1v) is 10.7. The highest BCUT2D eigenvalue weighted by molar-refractivity contribution is 5.80. The van der Waals surface area contributed by atoms with Crippen molar-refractivity contribution in [3.63, 3.8) is 0 Å². The molecule has 1 fully saturated rings. The minimum atomic E-state index is 0.400. The van der Waals surface area contributed by atoms with Gasteiger partial charge < -0.3 is 25.6 Å². The Balaban J connectivity index is 1.55. The molecule has 27 heavy (non-hydrogen) atoms. The van der Waals surface area contributed by atoms with Crippen molar-refractivity contribution in [1.82, 2.24) is 14.9 Å². The predicted octanol–water partition coefficient (Wildman–Crippen LogP) is 3.33. The van der Waals surface area contributed by atoms with E-state index in [1.54, 1.807) is 0 Å². The number of nitrogens with one attached hydrogen (secondary N) is 1. The lowest BCUT2D eigenvalue weighted by Crippen LogP contribution is -2.37. The Morgan fingerprint density at radius 2 is 2.04 bits per heavy atom. The number of aromatic nitrogens is 2. The molecule has 1 unspecified atom stereocenters. The first kappa shape index (κ1) is 20.0. The maximum Gasteiger partial charge on any atom is 0.320 e. The average Bonchev–Trinajstić information content (AvgIpc) is 3.09. The third-order valence-electron chi connectivity index (χ3n) is 5.61. The number of ether oxygens (including phenoxy) is 1. The molecule has 0 saturated carbocycles. The van der Waals surface area contributed by atoms with Crippen LogP contribution in [0.5, 0.6) is 6.01 Å². The molecule has 7 heteroatoms. The highest BCUT2D eigenvalue weighted by Gasteiger charge is 2.26. The molecule has 3 rings (SSSR count). The Hall–Kier alpha value is -1.76. The molecule has 7 nitrogen and oxygen atoms in total. The molecule has 0 spiro atoms. The number of hydrogen-bond acceptors (Lipinski definition) is 7. The maximum atomic E-state index is 6.12. The average molecular weight is 377 g/mol. The number of rotatable bonds is 10. The van der Waals surface area contributed by atoms with E-state index < -0.39 is 0 Å². The largest absolute Gasteiger partial charge is 0.463 e. The second kappa shape index (κ2) is 9.97. The van der Waals surface area contributed by atoms with Crippen LogP contribution in [0.4, 0.5) is 17.3 Å². The summed E-state index contributed by atoms with van der Waals surface area (Å²) in [5.41, 5.74) is 6.97. The van der Waals surface area contributed by atoms with Gasteiger partial charge in [-0.1, -0.05) is 26.7 Å². The van der Waals surface area contributed by atoms with Crippen LogP contribution in [0.1, 0.15) is 58.8 Å². The zero-order valence-corrected chi connectivity index (χ0v) is 17.0. The Morgan fingerprint density at radius 1 is 1.19 bits per heavy atom. The first-order valence-electron chi connectivity index (χ1n) is 10.7. The number of hydrogen-bond donors (Lipinski definition) is 2. The Labute approximate surface area is 163 Å². The fourth-order valence-electron chi connectivity index (χ4n) is 3.96. The number of unbranched alkanes of at least 4 members (excludes halogenated alkanes) is 2. The number of nitrogens with two attached hydrogens (primary N) is 1. The molecule has 0 aromatic carbocycles. The number of anilines is 3. The third-order valence-corrected chi connectivity index (χ3v) is 5.61. The zero-order valence-electron chi connectivity index (χ0n) is 17.0. The van der Waals surface area contributed by atoms with Crippen LogP contribution in [0.25, 0.3) is 0 Å². The molecule has 0 aliphatic carbocycles. The van der Waals surface area contributed by atoms with Crippen LogP contribution < -0.4 is 20.7 Å². The van der Waals surface area contributed by atoms with Crippen molar-refractivity contribution in [2.24, 2.45) is 5.92 Å². The topological polar surface area (TPSA) is 79.5 Å². The molecule has 1 aromatic rings. The van der Waals surface area contributed by atoms with Crippen molar-refractivity contribution in [2.45, 2.75) is 58.8 Å². The highest BCUT2D eigenvalue weighted by Crippen LogP contribution is 2.35. The normalized spacial score (nSPS) is 19.8. The van der Waals surface area contributed by atoms with E-state index in [1.165, 1.54) is 51.7 Å². The lowest BCUT2D eigenvalue weighted by molar-refractivity contribution is 0.168. The van der Waals surface area contributed by atoms with E-state index in [0.29, 0.717) is 18.4 Å². The second-order valence-corrected chi connectivity index (χ2v) is 7.84. The molecule has 0 amide bonds. The van der Waals surface area contributed by atoms with Crippen LogP contribution in [-0.4, -0.2) is 54.3 Å². The minimum absolute atomic E-state index is 0.400. The summed E-state index contributed by atoms with van der Waals surface area (Å²) < 4.78 is 5.68. The monoisotopic (exact) mass is 376 g/mol. The van der Waals surface area contributed by atoms with Gasteiger partial charge in [-0.15, -0.1) is 0 Å². The summed E-state index contributed by atoms with van der Waals surface area (Å²) in [6.07, 6.45) is 8.54. The third kappa shape index (κ3) is 5.37. The maximum absolute atomic E-state index is 6.12. The van der Waals surface area contributed by atoms with Crippen LogP contribution in [0, 0.1) is 5.92 Å². The minimum Gasteiger partial charge on any atom is -0.463 e. The molecule has 0 radical (unpaired) electrons. The number of piperidine rings is 1. The lowest BCUT2D eigenvalue weighted by Gasteiger charge is -2.33.